The van der Waals surface area contributed by atoms with E-state index >= 15 is 0 Å². The third kappa shape index (κ3) is 28.0. The molecule has 1 aliphatic heterocycles. The summed E-state index contributed by atoms with van der Waals surface area (Å²) in [6.45, 7) is 3.36. The number of hydrogen-bond acceptors (Lipinski definition) is 10. The van der Waals surface area contributed by atoms with Crippen molar-refractivity contribution in [1.82, 2.24) is 0 Å². The normalized spacial score (nSPS) is 20.9. The second kappa shape index (κ2) is 36.3. The highest BCUT2D eigenvalue weighted by molar-refractivity contribution is 5.70. The van der Waals surface area contributed by atoms with Gasteiger partial charge in [0.1, 0.15) is 31.0 Å². The Balaban J connectivity index is 2.36. The van der Waals surface area contributed by atoms with Gasteiger partial charge < -0.3 is 39.4 Å². The first-order chi connectivity index (χ1) is 26.8. The maximum absolute atomic E-state index is 12.7. The van der Waals surface area contributed by atoms with Crippen LogP contribution in [-0.2, 0) is 28.5 Å². The van der Waals surface area contributed by atoms with E-state index in [1.165, 1.54) is 64.2 Å². The first kappa shape index (κ1) is 50.9. The number of hydrogen-bond donors (Lipinski definition) is 4. The molecule has 4 N–H and O–H groups in total. The lowest BCUT2D eigenvalue weighted by molar-refractivity contribution is -0.305. The predicted octanol–water partition coefficient (Wildman–Crippen LogP) is 9.11. The third-order valence-electron chi connectivity index (χ3n) is 10.00. The van der Waals surface area contributed by atoms with Crippen LogP contribution in [0.3, 0.4) is 0 Å². The van der Waals surface area contributed by atoms with Crippen molar-refractivity contribution < 1.29 is 49.0 Å². The van der Waals surface area contributed by atoms with Crippen molar-refractivity contribution in [1.29, 1.82) is 0 Å². The smallest absolute Gasteiger partial charge is 0.306 e. The van der Waals surface area contributed by atoms with Gasteiger partial charge in [0, 0.05) is 12.8 Å². The second-order valence-corrected chi connectivity index (χ2v) is 15.1. The fraction of sp³-hybridized carbons (Fsp3) is 0.822. The molecule has 0 bridgehead atoms. The first-order valence-corrected chi connectivity index (χ1v) is 22.1. The lowest BCUT2D eigenvalue weighted by Crippen LogP contribution is -2.59. The molecule has 10 heteroatoms. The number of carbonyl (C=O) groups is 2. The molecular weight excluding hydrogens is 700 g/mol. The van der Waals surface area contributed by atoms with E-state index in [0.717, 1.165) is 77.0 Å². The molecule has 1 rings (SSSR count). The second-order valence-electron chi connectivity index (χ2n) is 15.1. The SMILES string of the molecule is CCCCCC=CCC=CCCCCCCCC(=O)OC(COC(=O)CCCCCCCC=CCCCCCCCC)COC1OC(CO)C(O)C(O)C1O. The highest BCUT2D eigenvalue weighted by atomic mass is 16.7. The molecule has 0 aliphatic carbocycles. The summed E-state index contributed by atoms with van der Waals surface area (Å²) in [7, 11) is 0. The Kier molecular flexibility index (Phi) is 33.6. The Bertz CT molecular complexity index is 996. The van der Waals surface area contributed by atoms with E-state index in [-0.39, 0.29) is 32.0 Å². The number of aliphatic hydroxyl groups is 4. The van der Waals surface area contributed by atoms with Gasteiger partial charge in [0.25, 0.3) is 0 Å². The van der Waals surface area contributed by atoms with Gasteiger partial charge in [-0.1, -0.05) is 134 Å². The van der Waals surface area contributed by atoms with Gasteiger partial charge in [0.05, 0.1) is 13.2 Å². The Hall–Kier alpha value is -2.08. The largest absolute Gasteiger partial charge is 0.462 e. The van der Waals surface area contributed by atoms with E-state index in [2.05, 4.69) is 50.3 Å². The molecule has 6 unspecified atom stereocenters. The van der Waals surface area contributed by atoms with Gasteiger partial charge in [-0.25, -0.2) is 0 Å². The van der Waals surface area contributed by atoms with E-state index in [1.54, 1.807) is 0 Å². The van der Waals surface area contributed by atoms with Crippen LogP contribution in [0.5, 0.6) is 0 Å². The maximum atomic E-state index is 12.7. The van der Waals surface area contributed by atoms with Crippen LogP contribution in [-0.4, -0.2) is 89.0 Å². The minimum absolute atomic E-state index is 0.212. The summed E-state index contributed by atoms with van der Waals surface area (Å²) in [5, 5.41) is 40.0. The fourth-order valence-electron chi connectivity index (χ4n) is 6.45. The quantitative estimate of drug-likeness (QED) is 0.0275. The Morgan fingerprint density at radius 2 is 1.02 bits per heavy atom. The lowest BCUT2D eigenvalue weighted by atomic mass is 9.99. The summed E-state index contributed by atoms with van der Waals surface area (Å²) >= 11 is 0. The van der Waals surface area contributed by atoms with Crippen molar-refractivity contribution in [3.8, 4) is 0 Å². The van der Waals surface area contributed by atoms with Gasteiger partial charge in [0.15, 0.2) is 12.4 Å². The van der Waals surface area contributed by atoms with Crippen LogP contribution in [0.15, 0.2) is 36.5 Å². The van der Waals surface area contributed by atoms with Crippen molar-refractivity contribution in [2.75, 3.05) is 19.8 Å². The molecule has 6 atom stereocenters. The number of rotatable bonds is 36. The summed E-state index contributed by atoms with van der Waals surface area (Å²) in [5.41, 5.74) is 0. The minimum atomic E-state index is -1.60. The average Bonchev–Trinajstić information content (AvgIpc) is 3.18. The molecule has 320 valence electrons. The van der Waals surface area contributed by atoms with Crippen LogP contribution >= 0.6 is 0 Å². The van der Waals surface area contributed by atoms with Crippen LogP contribution in [0.2, 0.25) is 0 Å². The first-order valence-electron chi connectivity index (χ1n) is 22.1. The van der Waals surface area contributed by atoms with Crippen LogP contribution in [0, 0.1) is 0 Å². The molecule has 0 aromatic carbocycles. The summed E-state index contributed by atoms with van der Waals surface area (Å²) in [4.78, 5) is 25.3. The van der Waals surface area contributed by atoms with Gasteiger partial charge in [-0.2, -0.15) is 0 Å². The molecule has 0 aromatic heterocycles. The van der Waals surface area contributed by atoms with Crippen LogP contribution in [0.25, 0.3) is 0 Å². The van der Waals surface area contributed by atoms with Gasteiger partial charge in [-0.3, -0.25) is 9.59 Å². The molecule has 1 heterocycles. The zero-order chi connectivity index (χ0) is 40.2. The molecule has 0 spiro atoms. The number of carbonyl (C=O) groups excluding carboxylic acids is 2. The van der Waals surface area contributed by atoms with Gasteiger partial charge in [-0.05, 0) is 70.6 Å². The van der Waals surface area contributed by atoms with Gasteiger partial charge >= 0.3 is 11.9 Å². The van der Waals surface area contributed by atoms with Gasteiger partial charge in [0.2, 0.25) is 0 Å². The molecule has 1 fully saturated rings. The highest BCUT2D eigenvalue weighted by Crippen LogP contribution is 2.22. The summed E-state index contributed by atoms with van der Waals surface area (Å²) in [6.07, 6.45) is 32.9. The van der Waals surface area contributed by atoms with Crippen molar-refractivity contribution in [3.05, 3.63) is 36.5 Å². The third-order valence-corrected chi connectivity index (χ3v) is 10.00. The Morgan fingerprint density at radius 1 is 0.564 bits per heavy atom. The Morgan fingerprint density at radius 3 is 1.56 bits per heavy atom. The van der Waals surface area contributed by atoms with E-state index in [9.17, 15) is 30.0 Å². The average molecular weight is 781 g/mol. The molecule has 55 heavy (non-hydrogen) atoms. The van der Waals surface area contributed by atoms with E-state index in [0.29, 0.717) is 12.8 Å². The molecule has 0 amide bonds. The number of esters is 2. The molecule has 1 aliphatic rings. The monoisotopic (exact) mass is 781 g/mol. The van der Waals surface area contributed by atoms with Crippen molar-refractivity contribution >= 4 is 11.9 Å². The van der Waals surface area contributed by atoms with Crippen LogP contribution < -0.4 is 0 Å². The topological polar surface area (TPSA) is 152 Å². The molecule has 0 aromatic rings. The number of ether oxygens (including phenoxy) is 4. The summed E-state index contributed by atoms with van der Waals surface area (Å²) < 4.78 is 22.1. The lowest BCUT2D eigenvalue weighted by Gasteiger charge is -2.39. The van der Waals surface area contributed by atoms with Gasteiger partial charge in [-0.15, -0.1) is 0 Å². The van der Waals surface area contributed by atoms with Crippen LogP contribution in [0.4, 0.5) is 0 Å². The molecule has 0 saturated carbocycles. The van der Waals surface area contributed by atoms with E-state index < -0.39 is 49.4 Å². The Labute approximate surface area is 334 Å². The van der Waals surface area contributed by atoms with E-state index in [4.69, 9.17) is 18.9 Å². The number of unbranched alkanes of at least 4 members (excludes halogenated alkanes) is 19. The molecular formula is C45H80O10. The zero-order valence-electron chi connectivity index (χ0n) is 34.7. The zero-order valence-corrected chi connectivity index (χ0v) is 34.7. The van der Waals surface area contributed by atoms with E-state index in [1.807, 2.05) is 0 Å². The summed E-state index contributed by atoms with van der Waals surface area (Å²) in [5.74, 6) is -0.832. The van der Waals surface area contributed by atoms with Crippen molar-refractivity contribution in [3.63, 3.8) is 0 Å². The number of allylic oxidation sites excluding steroid dienone is 6. The highest BCUT2D eigenvalue weighted by Gasteiger charge is 2.44. The fourth-order valence-corrected chi connectivity index (χ4v) is 6.45. The number of aliphatic hydroxyl groups excluding tert-OH is 4. The maximum Gasteiger partial charge on any atom is 0.306 e. The molecule has 0 radical (unpaired) electrons. The van der Waals surface area contributed by atoms with Crippen molar-refractivity contribution in [2.24, 2.45) is 0 Å². The van der Waals surface area contributed by atoms with Crippen molar-refractivity contribution in [2.45, 2.75) is 218 Å². The van der Waals surface area contributed by atoms with Crippen LogP contribution in [0.1, 0.15) is 181 Å². The predicted molar refractivity (Wildman–Crippen MR) is 219 cm³/mol. The summed E-state index contributed by atoms with van der Waals surface area (Å²) in [6, 6.07) is 0. The minimum Gasteiger partial charge on any atom is -0.462 e. The molecule has 10 nitrogen and oxygen atoms in total. The molecule has 1 saturated heterocycles. The standard InChI is InChI=1S/C45H80O10/c1-3-5-7-9-11-13-15-17-19-21-23-25-27-29-31-33-40(47)52-36-38(37-53-45-44(51)43(50)42(49)39(35-46)55-45)54-41(48)34-32-30-28-26-24-22-20-18-16-14-12-10-8-6-4-2/h12,14,17-20,38-39,42-46,49-51H,3-11,13,15-16,21-37H2,1-2H3.